The van der Waals surface area contributed by atoms with Crippen molar-refractivity contribution in [3.8, 4) is 0 Å². The van der Waals surface area contributed by atoms with E-state index in [4.69, 9.17) is 5.73 Å². The molecule has 0 heterocycles. The molecule has 0 aliphatic heterocycles. The molecule has 21 heavy (non-hydrogen) atoms. The van der Waals surface area contributed by atoms with Gasteiger partial charge in [-0.25, -0.2) is 0 Å². The summed E-state index contributed by atoms with van der Waals surface area (Å²) in [5.41, 5.74) is 9.48. The van der Waals surface area contributed by atoms with Crippen molar-refractivity contribution in [1.82, 2.24) is 0 Å². The van der Waals surface area contributed by atoms with Crippen molar-refractivity contribution in [2.24, 2.45) is 11.3 Å². The first kappa shape index (κ1) is 15.9. The largest absolute Gasteiger partial charge is 0.399 e. The molecule has 1 aromatic carbocycles. The van der Waals surface area contributed by atoms with E-state index in [1.807, 2.05) is 26.0 Å². The zero-order chi connectivity index (χ0) is 15.6. The van der Waals surface area contributed by atoms with Gasteiger partial charge in [-0.15, -0.1) is 0 Å². The summed E-state index contributed by atoms with van der Waals surface area (Å²) in [6.07, 6.45) is 5.35. The molecule has 1 aliphatic rings. The van der Waals surface area contributed by atoms with E-state index in [-0.39, 0.29) is 11.3 Å². The van der Waals surface area contributed by atoms with Gasteiger partial charge in [-0.2, -0.15) is 0 Å². The monoisotopic (exact) mass is 288 g/mol. The van der Waals surface area contributed by atoms with Crippen LogP contribution in [0.3, 0.4) is 0 Å². The van der Waals surface area contributed by atoms with Gasteiger partial charge in [0.25, 0.3) is 0 Å². The zero-order valence-electron chi connectivity index (χ0n) is 13.8. The zero-order valence-corrected chi connectivity index (χ0v) is 13.8. The number of carbonyl (C=O) groups is 1. The molecule has 0 bridgehead atoms. The third-order valence-corrected chi connectivity index (χ3v) is 4.70. The first-order chi connectivity index (χ1) is 9.84. The lowest BCUT2D eigenvalue weighted by Crippen LogP contribution is -2.35. The maximum absolute atomic E-state index is 12.9. The summed E-state index contributed by atoms with van der Waals surface area (Å²) < 4.78 is 0. The van der Waals surface area contributed by atoms with Crippen LogP contribution in [-0.4, -0.2) is 5.91 Å². The highest BCUT2D eigenvalue weighted by Crippen LogP contribution is 2.44. The van der Waals surface area contributed by atoms with E-state index in [0.29, 0.717) is 5.92 Å². The van der Waals surface area contributed by atoms with E-state index in [1.54, 1.807) is 0 Å². The van der Waals surface area contributed by atoms with Crippen molar-refractivity contribution < 1.29 is 4.79 Å². The first-order valence-electron chi connectivity index (χ1n) is 8.02. The fourth-order valence-corrected chi connectivity index (χ4v) is 3.59. The van der Waals surface area contributed by atoms with E-state index < -0.39 is 0 Å². The number of anilines is 2. The van der Waals surface area contributed by atoms with Gasteiger partial charge in [0.2, 0.25) is 5.91 Å². The molecule has 116 valence electrons. The lowest BCUT2D eigenvalue weighted by molar-refractivity contribution is -0.126. The van der Waals surface area contributed by atoms with Crippen LogP contribution in [0.15, 0.2) is 12.1 Å². The summed E-state index contributed by atoms with van der Waals surface area (Å²) in [6.45, 7) is 8.37. The second-order valence-corrected chi connectivity index (χ2v) is 7.06. The topological polar surface area (TPSA) is 55.1 Å². The molecule has 3 heteroatoms. The van der Waals surface area contributed by atoms with Crippen LogP contribution in [0.5, 0.6) is 0 Å². The fraction of sp³-hybridized carbons (Fsp3) is 0.611. The van der Waals surface area contributed by atoms with Crippen molar-refractivity contribution in [3.05, 3.63) is 23.3 Å². The minimum absolute atomic E-state index is 0.171. The molecule has 0 saturated heterocycles. The molecule has 1 aromatic rings. The van der Waals surface area contributed by atoms with Gasteiger partial charge < -0.3 is 11.1 Å². The standard InChI is InChI=1S/C18H28N2O/c1-12(2)11-18(7-5-6-8-18)17(21)20-16-10-13(3)15(19)9-14(16)4/h9-10,12H,5-8,11,19H2,1-4H3,(H,20,21). The Morgan fingerprint density at radius 3 is 2.43 bits per heavy atom. The molecule has 0 atom stereocenters. The molecule has 1 aliphatic carbocycles. The molecule has 3 N–H and O–H groups in total. The molecule has 1 fully saturated rings. The summed E-state index contributed by atoms with van der Waals surface area (Å²) in [6, 6.07) is 3.93. The Morgan fingerprint density at radius 2 is 1.86 bits per heavy atom. The van der Waals surface area contributed by atoms with Gasteiger partial charge >= 0.3 is 0 Å². The minimum atomic E-state index is -0.171. The highest BCUT2D eigenvalue weighted by Gasteiger charge is 2.41. The van der Waals surface area contributed by atoms with Crippen molar-refractivity contribution in [3.63, 3.8) is 0 Å². The molecule has 1 amide bonds. The maximum atomic E-state index is 12.9. The van der Waals surface area contributed by atoms with Crippen LogP contribution in [0.1, 0.15) is 57.1 Å². The Bertz CT molecular complexity index is 528. The Kier molecular flexibility index (Phi) is 4.60. The normalized spacial score (nSPS) is 17.2. The van der Waals surface area contributed by atoms with Crippen molar-refractivity contribution in [2.75, 3.05) is 11.1 Å². The summed E-state index contributed by atoms with van der Waals surface area (Å²) in [5, 5.41) is 3.17. The van der Waals surface area contributed by atoms with Gasteiger partial charge in [0.05, 0.1) is 0 Å². The van der Waals surface area contributed by atoms with Crippen molar-refractivity contribution >= 4 is 17.3 Å². The number of rotatable bonds is 4. The molecule has 0 unspecified atom stereocenters. The summed E-state index contributed by atoms with van der Waals surface area (Å²) in [4.78, 5) is 12.9. The lowest BCUT2D eigenvalue weighted by Gasteiger charge is -2.30. The second kappa shape index (κ2) is 6.08. The highest BCUT2D eigenvalue weighted by atomic mass is 16.2. The Labute approximate surface area is 128 Å². The first-order valence-corrected chi connectivity index (χ1v) is 8.02. The van der Waals surface area contributed by atoms with E-state index >= 15 is 0 Å². The quantitative estimate of drug-likeness (QED) is 0.805. The SMILES string of the molecule is Cc1cc(NC(=O)C2(CC(C)C)CCCC2)c(C)cc1N. The summed E-state index contributed by atoms with van der Waals surface area (Å²) in [5.74, 6) is 0.740. The van der Waals surface area contributed by atoms with Crippen molar-refractivity contribution in [2.45, 2.75) is 59.8 Å². The number of amides is 1. The van der Waals surface area contributed by atoms with Gasteiger partial charge in [0.1, 0.15) is 0 Å². The maximum Gasteiger partial charge on any atom is 0.230 e. The van der Waals surface area contributed by atoms with E-state index in [0.717, 1.165) is 41.8 Å². The van der Waals surface area contributed by atoms with Gasteiger partial charge in [0, 0.05) is 16.8 Å². The number of carbonyl (C=O) groups excluding carboxylic acids is 1. The van der Waals surface area contributed by atoms with Crippen LogP contribution in [0, 0.1) is 25.2 Å². The average Bonchev–Trinajstić information content (AvgIpc) is 2.84. The molecule has 3 nitrogen and oxygen atoms in total. The molecular formula is C18H28N2O. The number of nitrogens with one attached hydrogen (secondary N) is 1. The van der Waals surface area contributed by atoms with Crippen LogP contribution in [0.2, 0.25) is 0 Å². The molecule has 2 rings (SSSR count). The summed E-state index contributed by atoms with van der Waals surface area (Å²) in [7, 11) is 0. The number of benzene rings is 1. The van der Waals surface area contributed by atoms with Crippen LogP contribution in [0.25, 0.3) is 0 Å². The summed E-state index contributed by atoms with van der Waals surface area (Å²) >= 11 is 0. The predicted molar refractivity (Wildman–Crippen MR) is 89.3 cm³/mol. The third kappa shape index (κ3) is 3.39. The molecule has 0 aromatic heterocycles. The minimum Gasteiger partial charge on any atom is -0.399 e. The molecule has 1 saturated carbocycles. The van der Waals surface area contributed by atoms with E-state index in [1.165, 1.54) is 12.8 Å². The van der Waals surface area contributed by atoms with Crippen LogP contribution in [-0.2, 0) is 4.79 Å². The number of hydrogen-bond acceptors (Lipinski definition) is 2. The van der Waals surface area contributed by atoms with Crippen molar-refractivity contribution in [1.29, 1.82) is 0 Å². The average molecular weight is 288 g/mol. The predicted octanol–water partition coefficient (Wildman–Crippen LogP) is 4.43. The number of nitrogen functional groups attached to an aromatic ring is 1. The second-order valence-electron chi connectivity index (χ2n) is 7.06. The highest BCUT2D eigenvalue weighted by molar-refractivity contribution is 5.96. The third-order valence-electron chi connectivity index (χ3n) is 4.70. The number of nitrogens with two attached hydrogens (primary N) is 1. The van der Waals surface area contributed by atoms with E-state index in [2.05, 4.69) is 19.2 Å². The van der Waals surface area contributed by atoms with Crippen LogP contribution >= 0.6 is 0 Å². The smallest absolute Gasteiger partial charge is 0.230 e. The lowest BCUT2D eigenvalue weighted by atomic mass is 9.77. The van der Waals surface area contributed by atoms with Gasteiger partial charge in [0.15, 0.2) is 0 Å². The van der Waals surface area contributed by atoms with Crippen LogP contribution < -0.4 is 11.1 Å². The number of hydrogen-bond donors (Lipinski definition) is 2. The Morgan fingerprint density at radius 1 is 1.24 bits per heavy atom. The van der Waals surface area contributed by atoms with Gasteiger partial charge in [-0.3, -0.25) is 4.79 Å². The Hall–Kier alpha value is -1.51. The molecular weight excluding hydrogens is 260 g/mol. The van der Waals surface area contributed by atoms with Gasteiger partial charge in [-0.1, -0.05) is 26.7 Å². The molecule has 0 radical (unpaired) electrons. The Balaban J connectivity index is 2.21. The van der Waals surface area contributed by atoms with Gasteiger partial charge in [-0.05, 0) is 62.3 Å². The van der Waals surface area contributed by atoms with E-state index in [9.17, 15) is 4.79 Å². The van der Waals surface area contributed by atoms with Crippen LogP contribution in [0.4, 0.5) is 11.4 Å². The molecule has 0 spiro atoms. The fourth-order valence-electron chi connectivity index (χ4n) is 3.59. The number of aryl methyl sites for hydroxylation is 2.